The van der Waals surface area contributed by atoms with Gasteiger partial charge in [0.1, 0.15) is 0 Å². The van der Waals surface area contributed by atoms with Crippen LogP contribution in [0.1, 0.15) is 27.4 Å². The minimum atomic E-state index is 0.0913. The highest BCUT2D eigenvalue weighted by molar-refractivity contribution is 8.00. The number of rotatable bonds is 7. The quantitative estimate of drug-likeness (QED) is 0.499. The van der Waals surface area contributed by atoms with Gasteiger partial charge in [-0.1, -0.05) is 0 Å². The van der Waals surface area contributed by atoms with E-state index in [1.54, 1.807) is 17.1 Å². The predicted octanol–water partition coefficient (Wildman–Crippen LogP) is 3.03. The Labute approximate surface area is 159 Å². The predicted molar refractivity (Wildman–Crippen MR) is 102 cm³/mol. The first-order chi connectivity index (χ1) is 12.6. The molecule has 1 aliphatic carbocycles. The molecular formula is C18H18N4O2S2. The van der Waals surface area contributed by atoms with E-state index in [4.69, 9.17) is 0 Å². The van der Waals surface area contributed by atoms with Crippen LogP contribution in [0, 0.1) is 5.92 Å². The van der Waals surface area contributed by atoms with E-state index >= 15 is 0 Å². The van der Waals surface area contributed by atoms with E-state index in [2.05, 4.69) is 15.4 Å². The molecule has 3 aromatic heterocycles. The first-order valence-corrected chi connectivity index (χ1v) is 10.2. The van der Waals surface area contributed by atoms with Crippen molar-refractivity contribution in [2.24, 2.45) is 13.0 Å². The van der Waals surface area contributed by atoms with Crippen LogP contribution in [0.25, 0.3) is 11.0 Å². The van der Waals surface area contributed by atoms with Crippen molar-refractivity contribution in [2.75, 3.05) is 5.75 Å². The monoisotopic (exact) mass is 386 g/mol. The fourth-order valence-corrected chi connectivity index (χ4v) is 4.53. The maximum Gasteiger partial charge on any atom is 0.223 e. The second kappa shape index (κ2) is 7.20. The molecule has 134 valence electrons. The summed E-state index contributed by atoms with van der Waals surface area (Å²) in [6, 6.07) is 5.68. The first-order valence-electron chi connectivity index (χ1n) is 8.41. The Morgan fingerprint density at radius 2 is 2.19 bits per heavy atom. The Morgan fingerprint density at radius 3 is 3.00 bits per heavy atom. The van der Waals surface area contributed by atoms with Gasteiger partial charge in [-0.05, 0) is 31.0 Å². The maximum atomic E-state index is 12.5. The van der Waals surface area contributed by atoms with Gasteiger partial charge in [0.2, 0.25) is 5.91 Å². The van der Waals surface area contributed by atoms with Crippen LogP contribution < -0.4 is 5.32 Å². The van der Waals surface area contributed by atoms with Crippen molar-refractivity contribution in [2.45, 2.75) is 24.3 Å². The van der Waals surface area contributed by atoms with Gasteiger partial charge in [0, 0.05) is 28.9 Å². The van der Waals surface area contributed by atoms with E-state index in [9.17, 15) is 9.59 Å². The van der Waals surface area contributed by atoms with Crippen molar-refractivity contribution in [3.8, 4) is 0 Å². The summed E-state index contributed by atoms with van der Waals surface area (Å²) in [5.74, 6) is 0.785. The molecule has 8 heteroatoms. The summed E-state index contributed by atoms with van der Waals surface area (Å²) in [5, 5.41) is 8.11. The van der Waals surface area contributed by atoms with E-state index in [1.807, 2.05) is 25.2 Å². The summed E-state index contributed by atoms with van der Waals surface area (Å²) in [5.41, 5.74) is 0.812. The van der Waals surface area contributed by atoms with Gasteiger partial charge >= 0.3 is 0 Å². The number of hydrogen-bond acceptors (Lipinski definition) is 6. The smallest absolute Gasteiger partial charge is 0.223 e. The number of carbonyl (C=O) groups is 2. The molecule has 3 heterocycles. The Bertz CT molecular complexity index is 975. The fraction of sp³-hybridized carbons (Fsp3) is 0.333. The standard InChI is InChI=1S/C18H18N4O2S2/c1-22-17-13(9-21-22)15(6-7-19-17)25-10-14(23)16-5-4-12(26-16)8-20-18(24)11-2-3-11/h4-7,9,11H,2-3,8,10H2,1H3,(H,20,24). The lowest BCUT2D eigenvalue weighted by atomic mass is 10.3. The highest BCUT2D eigenvalue weighted by Crippen LogP contribution is 2.29. The Kier molecular flexibility index (Phi) is 4.78. The largest absolute Gasteiger partial charge is 0.351 e. The molecule has 0 aromatic carbocycles. The van der Waals surface area contributed by atoms with E-state index in [-0.39, 0.29) is 17.6 Å². The molecule has 0 aliphatic heterocycles. The van der Waals surface area contributed by atoms with E-state index in [0.29, 0.717) is 12.3 Å². The molecule has 1 fully saturated rings. The van der Waals surface area contributed by atoms with Crippen molar-refractivity contribution in [3.63, 3.8) is 0 Å². The molecule has 6 nitrogen and oxygen atoms in total. The van der Waals surface area contributed by atoms with Crippen molar-refractivity contribution >= 4 is 45.8 Å². The number of ketones is 1. The summed E-state index contributed by atoms with van der Waals surface area (Å²) in [4.78, 5) is 31.2. The number of nitrogens with one attached hydrogen (secondary N) is 1. The number of aromatic nitrogens is 3. The lowest BCUT2D eigenvalue weighted by Gasteiger charge is -2.02. The minimum Gasteiger partial charge on any atom is -0.351 e. The molecule has 1 aliphatic rings. The molecule has 0 spiro atoms. The third kappa shape index (κ3) is 3.66. The number of thiophene rings is 1. The molecule has 26 heavy (non-hydrogen) atoms. The third-order valence-electron chi connectivity index (χ3n) is 4.28. The molecule has 0 bridgehead atoms. The van der Waals surface area contributed by atoms with Crippen LogP contribution in [0.4, 0.5) is 0 Å². The van der Waals surface area contributed by atoms with E-state index in [0.717, 1.165) is 38.5 Å². The number of pyridine rings is 1. The second-order valence-corrected chi connectivity index (χ2v) is 8.47. The molecule has 0 saturated heterocycles. The maximum absolute atomic E-state index is 12.5. The summed E-state index contributed by atoms with van der Waals surface area (Å²) in [6.45, 7) is 0.501. The zero-order valence-corrected chi connectivity index (χ0v) is 15.9. The van der Waals surface area contributed by atoms with Gasteiger partial charge in [-0.15, -0.1) is 23.1 Å². The van der Waals surface area contributed by atoms with Crippen LogP contribution in [0.2, 0.25) is 0 Å². The molecule has 1 N–H and O–H groups in total. The molecule has 1 amide bonds. The van der Waals surface area contributed by atoms with Crippen LogP contribution in [0.5, 0.6) is 0 Å². The molecule has 0 atom stereocenters. The lowest BCUT2D eigenvalue weighted by molar-refractivity contribution is -0.122. The second-order valence-electron chi connectivity index (χ2n) is 6.28. The molecule has 0 radical (unpaired) electrons. The molecular weight excluding hydrogens is 368 g/mol. The topological polar surface area (TPSA) is 76.9 Å². The third-order valence-corrected chi connectivity index (χ3v) is 6.48. The average molecular weight is 387 g/mol. The Balaban J connectivity index is 1.36. The molecule has 0 unspecified atom stereocenters. The zero-order chi connectivity index (χ0) is 18.1. The highest BCUT2D eigenvalue weighted by atomic mass is 32.2. The van der Waals surface area contributed by atoms with Crippen LogP contribution >= 0.6 is 23.1 Å². The van der Waals surface area contributed by atoms with Gasteiger partial charge in [0.25, 0.3) is 0 Å². The van der Waals surface area contributed by atoms with E-state index < -0.39 is 0 Å². The number of Topliss-reactive ketones (excluding diaryl/α,β-unsaturated/α-hetero) is 1. The summed E-state index contributed by atoms with van der Waals surface area (Å²) in [7, 11) is 1.85. The van der Waals surface area contributed by atoms with Crippen molar-refractivity contribution in [1.29, 1.82) is 0 Å². The van der Waals surface area contributed by atoms with Crippen molar-refractivity contribution in [3.05, 3.63) is 40.3 Å². The van der Waals surface area contributed by atoms with Crippen LogP contribution in [-0.4, -0.2) is 32.2 Å². The molecule has 1 saturated carbocycles. The Morgan fingerprint density at radius 1 is 1.35 bits per heavy atom. The van der Waals surface area contributed by atoms with Crippen LogP contribution in [-0.2, 0) is 18.4 Å². The zero-order valence-electron chi connectivity index (χ0n) is 14.3. The summed E-state index contributed by atoms with van der Waals surface area (Å²) < 4.78 is 1.72. The summed E-state index contributed by atoms with van der Waals surface area (Å²) >= 11 is 2.95. The highest BCUT2D eigenvalue weighted by Gasteiger charge is 2.29. The van der Waals surface area contributed by atoms with Gasteiger partial charge in [-0.3, -0.25) is 14.3 Å². The number of fused-ring (bicyclic) bond motifs is 1. The van der Waals surface area contributed by atoms with E-state index in [1.165, 1.54) is 23.1 Å². The van der Waals surface area contributed by atoms with Crippen LogP contribution in [0.15, 0.2) is 35.5 Å². The lowest BCUT2D eigenvalue weighted by Crippen LogP contribution is -2.23. The van der Waals surface area contributed by atoms with Gasteiger partial charge < -0.3 is 5.32 Å². The SMILES string of the molecule is Cn1ncc2c(SCC(=O)c3ccc(CNC(=O)C4CC4)s3)ccnc21. The van der Waals surface area contributed by atoms with Crippen LogP contribution in [0.3, 0.4) is 0 Å². The number of hydrogen-bond donors (Lipinski definition) is 1. The summed E-state index contributed by atoms with van der Waals surface area (Å²) in [6.07, 6.45) is 5.51. The average Bonchev–Trinajstić information content (AvgIpc) is 3.28. The van der Waals surface area contributed by atoms with Crippen molar-refractivity contribution < 1.29 is 9.59 Å². The number of carbonyl (C=O) groups excluding carboxylic acids is 2. The number of thioether (sulfide) groups is 1. The molecule has 3 aromatic rings. The number of nitrogens with zero attached hydrogens (tertiary/aromatic N) is 3. The first kappa shape index (κ1) is 17.2. The van der Waals surface area contributed by atoms with Crippen molar-refractivity contribution in [1.82, 2.24) is 20.1 Å². The van der Waals surface area contributed by atoms with Gasteiger partial charge in [0.15, 0.2) is 11.4 Å². The Hall–Kier alpha value is -2.19. The van der Waals surface area contributed by atoms with Gasteiger partial charge in [-0.2, -0.15) is 5.10 Å². The fourth-order valence-electron chi connectivity index (χ4n) is 2.65. The van der Waals surface area contributed by atoms with Gasteiger partial charge in [-0.25, -0.2) is 4.98 Å². The molecule has 4 rings (SSSR count). The van der Waals surface area contributed by atoms with Gasteiger partial charge in [0.05, 0.1) is 28.8 Å². The normalized spacial score (nSPS) is 13.9. The number of amides is 1. The number of aryl methyl sites for hydroxylation is 1. The minimum absolute atomic E-state index is 0.0913.